The lowest BCUT2D eigenvalue weighted by Crippen LogP contribution is -2.67. The lowest BCUT2D eigenvalue weighted by Gasteiger charge is -2.44. The first-order valence-electron chi connectivity index (χ1n) is 10.3. The molecule has 14 heteroatoms. The van der Waals surface area contributed by atoms with E-state index >= 15 is 0 Å². The van der Waals surface area contributed by atoms with Crippen LogP contribution in [0.25, 0.3) is 0 Å². The summed E-state index contributed by atoms with van der Waals surface area (Å²) in [4.78, 5) is 70.3. The molecule has 0 bridgehead atoms. The maximum Gasteiger partial charge on any atom is 0.305 e. The van der Waals surface area contributed by atoms with Crippen molar-refractivity contribution in [1.29, 1.82) is 0 Å². The molecular weight excluding hydrogens is 472 g/mol. The van der Waals surface area contributed by atoms with Gasteiger partial charge in [0.2, 0.25) is 6.29 Å². The van der Waals surface area contributed by atoms with E-state index in [1.807, 2.05) is 0 Å². The van der Waals surface area contributed by atoms with Crippen LogP contribution in [-0.2, 0) is 42.9 Å². The van der Waals surface area contributed by atoms with Crippen molar-refractivity contribution in [2.75, 3.05) is 6.61 Å². The predicted molar refractivity (Wildman–Crippen MR) is 113 cm³/mol. The molecule has 14 nitrogen and oxygen atoms in total. The second kappa shape index (κ2) is 11.9. The molecule has 35 heavy (non-hydrogen) atoms. The molecule has 1 aliphatic rings. The highest BCUT2D eigenvalue weighted by atomic mass is 16.7. The highest BCUT2D eigenvalue weighted by Gasteiger charge is 2.52. The van der Waals surface area contributed by atoms with E-state index in [0.29, 0.717) is 0 Å². The van der Waals surface area contributed by atoms with Gasteiger partial charge in [0.1, 0.15) is 24.3 Å². The van der Waals surface area contributed by atoms with Crippen LogP contribution in [0.15, 0.2) is 24.3 Å². The van der Waals surface area contributed by atoms with Crippen LogP contribution in [-0.4, -0.2) is 72.0 Å². The molecule has 5 atom stereocenters. The van der Waals surface area contributed by atoms with Crippen LogP contribution >= 0.6 is 0 Å². The summed E-state index contributed by atoms with van der Waals surface area (Å²) in [5.41, 5.74) is -0.856. The van der Waals surface area contributed by atoms with E-state index in [4.69, 9.17) is 23.7 Å². The molecule has 0 unspecified atom stereocenters. The van der Waals surface area contributed by atoms with Gasteiger partial charge in [0, 0.05) is 33.8 Å². The average molecular weight is 496 g/mol. The van der Waals surface area contributed by atoms with Gasteiger partial charge in [-0.25, -0.2) is 0 Å². The number of esters is 4. The molecule has 1 amide bonds. The molecule has 0 aromatic heterocycles. The summed E-state index contributed by atoms with van der Waals surface area (Å²) in [5.74, 6) is -4.21. The van der Waals surface area contributed by atoms with Gasteiger partial charge in [-0.05, 0) is 6.07 Å². The molecular formula is C21H24N2O12. The van der Waals surface area contributed by atoms with Crippen LogP contribution in [0.4, 0.5) is 5.69 Å². The van der Waals surface area contributed by atoms with Crippen molar-refractivity contribution in [1.82, 2.24) is 5.32 Å². The van der Waals surface area contributed by atoms with Crippen LogP contribution in [0.1, 0.15) is 38.1 Å². The van der Waals surface area contributed by atoms with Crippen molar-refractivity contribution in [3.8, 4) is 0 Å². The number of rotatable bonds is 8. The number of nitrogens with zero attached hydrogens (tertiary/aromatic N) is 1. The van der Waals surface area contributed by atoms with Crippen LogP contribution in [0.3, 0.4) is 0 Å². The number of amides is 1. The SMILES string of the molecule is CC(=O)OC[C@@H]1O[C@H](OC(C)=O)[C@H](NC(=O)c2ccccc2[N+](=O)[O-])[C@H](OC(C)=O)[C@@H]1OC(C)=O. The molecule has 1 N–H and O–H groups in total. The number of hydrogen-bond donors (Lipinski definition) is 1. The monoisotopic (exact) mass is 496 g/mol. The maximum absolute atomic E-state index is 13.0. The Bertz CT molecular complexity index is 1010. The standard InChI is InChI=1S/C21H24N2O12/c1-10(24)31-9-16-18(32-11(2)25)19(33-12(3)26)17(21(35-16)34-13(4)27)22-20(28)14-7-5-6-8-15(14)23(29)30/h5-8,16-19,21H,9H2,1-4H3,(H,22,28)/t16-,17+,18+,19-,21-/m0/s1. The Hall–Kier alpha value is -4.07. The average Bonchev–Trinajstić information content (AvgIpc) is 2.75. The van der Waals surface area contributed by atoms with Crippen molar-refractivity contribution in [2.24, 2.45) is 0 Å². The highest BCUT2D eigenvalue weighted by Crippen LogP contribution is 2.29. The van der Waals surface area contributed by atoms with E-state index < -0.39 is 77.6 Å². The van der Waals surface area contributed by atoms with Crippen molar-refractivity contribution in [2.45, 2.75) is 58.3 Å². The Labute approximate surface area is 198 Å². The maximum atomic E-state index is 13.0. The molecule has 1 saturated heterocycles. The minimum atomic E-state index is -1.61. The minimum Gasteiger partial charge on any atom is -0.463 e. The first-order chi connectivity index (χ1) is 16.4. The number of nitro groups is 1. The van der Waals surface area contributed by atoms with E-state index in [1.165, 1.54) is 18.2 Å². The first-order valence-corrected chi connectivity index (χ1v) is 10.3. The Morgan fingerprint density at radius 1 is 0.914 bits per heavy atom. The molecule has 1 aromatic rings. The fourth-order valence-electron chi connectivity index (χ4n) is 3.37. The largest absolute Gasteiger partial charge is 0.463 e. The molecule has 0 aliphatic carbocycles. The van der Waals surface area contributed by atoms with E-state index in [9.17, 15) is 34.1 Å². The van der Waals surface area contributed by atoms with Crippen molar-refractivity contribution in [3.05, 3.63) is 39.9 Å². The van der Waals surface area contributed by atoms with Gasteiger partial charge in [0.15, 0.2) is 12.2 Å². The van der Waals surface area contributed by atoms with Crippen molar-refractivity contribution in [3.63, 3.8) is 0 Å². The number of nitro benzene ring substituents is 1. The second-order valence-electron chi connectivity index (χ2n) is 7.38. The van der Waals surface area contributed by atoms with Crippen molar-refractivity contribution >= 4 is 35.5 Å². The molecule has 0 saturated carbocycles. The number of carbonyl (C=O) groups excluding carboxylic acids is 5. The summed E-state index contributed by atoms with van der Waals surface area (Å²) >= 11 is 0. The summed E-state index contributed by atoms with van der Waals surface area (Å²) in [6.45, 7) is 3.79. The fraction of sp³-hybridized carbons (Fsp3) is 0.476. The smallest absolute Gasteiger partial charge is 0.305 e. The van der Waals surface area contributed by atoms with Gasteiger partial charge in [-0.3, -0.25) is 34.1 Å². The molecule has 1 aromatic carbocycles. The third-order valence-corrected chi connectivity index (χ3v) is 4.63. The van der Waals surface area contributed by atoms with Gasteiger partial charge < -0.3 is 29.0 Å². The van der Waals surface area contributed by atoms with Gasteiger partial charge in [0.05, 0.1) is 4.92 Å². The third-order valence-electron chi connectivity index (χ3n) is 4.63. The molecule has 190 valence electrons. The molecule has 0 spiro atoms. The van der Waals surface area contributed by atoms with E-state index in [0.717, 1.165) is 33.8 Å². The zero-order chi connectivity index (χ0) is 26.3. The van der Waals surface area contributed by atoms with Gasteiger partial charge >= 0.3 is 23.9 Å². The summed E-state index contributed by atoms with van der Waals surface area (Å²) in [5, 5.41) is 13.8. The summed E-state index contributed by atoms with van der Waals surface area (Å²) in [6, 6.07) is 3.57. The van der Waals surface area contributed by atoms with Crippen molar-refractivity contribution < 1.29 is 52.6 Å². The Morgan fingerprint density at radius 2 is 1.49 bits per heavy atom. The number of ether oxygens (including phenoxy) is 5. The molecule has 2 rings (SSSR count). The third kappa shape index (κ3) is 7.46. The quantitative estimate of drug-likeness (QED) is 0.226. The normalized spacial score (nSPS) is 23.4. The van der Waals surface area contributed by atoms with Gasteiger partial charge in [0.25, 0.3) is 11.6 Å². The lowest BCUT2D eigenvalue weighted by molar-refractivity contribution is -0.385. The summed E-state index contributed by atoms with van der Waals surface area (Å²) < 4.78 is 26.3. The highest BCUT2D eigenvalue weighted by molar-refractivity contribution is 5.98. The van der Waals surface area contributed by atoms with Gasteiger partial charge in [-0.15, -0.1) is 0 Å². The topological polar surface area (TPSA) is 187 Å². The van der Waals surface area contributed by atoms with E-state index in [-0.39, 0.29) is 5.56 Å². The van der Waals surface area contributed by atoms with Crippen LogP contribution in [0.2, 0.25) is 0 Å². The van der Waals surface area contributed by atoms with Gasteiger partial charge in [-0.2, -0.15) is 0 Å². The number of carbonyl (C=O) groups is 5. The minimum absolute atomic E-state index is 0.341. The van der Waals surface area contributed by atoms with E-state index in [2.05, 4.69) is 5.32 Å². The zero-order valence-corrected chi connectivity index (χ0v) is 19.2. The summed E-state index contributed by atoms with van der Waals surface area (Å²) in [7, 11) is 0. The zero-order valence-electron chi connectivity index (χ0n) is 19.2. The second-order valence-corrected chi connectivity index (χ2v) is 7.38. The summed E-state index contributed by atoms with van der Waals surface area (Å²) in [6.07, 6.45) is -5.80. The van der Waals surface area contributed by atoms with E-state index in [1.54, 1.807) is 0 Å². The number of para-hydroxylation sites is 1. The molecule has 1 fully saturated rings. The Morgan fingerprint density at radius 3 is 2.03 bits per heavy atom. The lowest BCUT2D eigenvalue weighted by atomic mass is 9.95. The van der Waals surface area contributed by atoms with Gasteiger partial charge in [-0.1, -0.05) is 12.1 Å². The van der Waals surface area contributed by atoms with Crippen LogP contribution < -0.4 is 5.32 Å². The number of benzene rings is 1. The number of hydrogen-bond acceptors (Lipinski definition) is 12. The first kappa shape index (κ1) is 27.2. The van der Waals surface area contributed by atoms with Crippen LogP contribution in [0.5, 0.6) is 0 Å². The predicted octanol–water partition coefficient (Wildman–Crippen LogP) is 0.408. The Kier molecular flexibility index (Phi) is 9.22. The number of nitrogens with one attached hydrogen (secondary N) is 1. The molecule has 1 heterocycles. The molecule has 0 radical (unpaired) electrons. The van der Waals surface area contributed by atoms with Crippen LogP contribution in [0, 0.1) is 10.1 Å². The molecule has 1 aliphatic heterocycles. The fourth-order valence-corrected chi connectivity index (χ4v) is 3.37. The Balaban J connectivity index is 2.51.